The van der Waals surface area contributed by atoms with Crippen molar-refractivity contribution >= 4 is 0 Å². The summed E-state index contributed by atoms with van der Waals surface area (Å²) in [6.45, 7) is 7.53. The van der Waals surface area contributed by atoms with Gasteiger partial charge in [-0.1, -0.05) is 6.08 Å². The first kappa shape index (κ1) is 13.0. The normalized spacial score (nSPS) is 17.1. The van der Waals surface area contributed by atoms with Gasteiger partial charge in [0.15, 0.2) is 0 Å². The predicted octanol–water partition coefficient (Wildman–Crippen LogP) is 2.68. The predicted molar refractivity (Wildman–Crippen MR) is 73.3 cm³/mol. The zero-order valence-electron chi connectivity index (χ0n) is 11.2. The quantitative estimate of drug-likeness (QED) is 0.619. The summed E-state index contributed by atoms with van der Waals surface area (Å²) >= 11 is 0. The Morgan fingerprint density at radius 2 is 2.39 bits per heavy atom. The van der Waals surface area contributed by atoms with E-state index in [1.54, 1.807) is 7.11 Å². The van der Waals surface area contributed by atoms with Gasteiger partial charge >= 0.3 is 0 Å². The Kier molecular flexibility index (Phi) is 4.26. The average molecular weight is 247 g/mol. The molecule has 0 spiro atoms. The van der Waals surface area contributed by atoms with Gasteiger partial charge in [0, 0.05) is 24.1 Å². The van der Waals surface area contributed by atoms with Gasteiger partial charge in [-0.2, -0.15) is 0 Å². The molecule has 1 N–H and O–H groups in total. The van der Waals surface area contributed by atoms with E-state index in [9.17, 15) is 0 Å². The lowest BCUT2D eigenvalue weighted by atomic mass is 10.1. The van der Waals surface area contributed by atoms with E-state index in [2.05, 4.69) is 31.0 Å². The van der Waals surface area contributed by atoms with Crippen molar-refractivity contribution in [1.82, 2.24) is 5.32 Å². The van der Waals surface area contributed by atoms with Crippen LogP contribution in [0, 0.1) is 0 Å². The minimum atomic E-state index is 0.272. The first-order valence-corrected chi connectivity index (χ1v) is 6.42. The fraction of sp³-hybridized carbons (Fsp3) is 0.467. The highest BCUT2D eigenvalue weighted by Gasteiger charge is 2.21. The molecule has 0 saturated heterocycles. The fourth-order valence-corrected chi connectivity index (χ4v) is 2.24. The maximum atomic E-state index is 5.77. The highest BCUT2D eigenvalue weighted by atomic mass is 16.5. The summed E-state index contributed by atoms with van der Waals surface area (Å²) in [5.74, 6) is 1.95. The molecule has 1 aliphatic heterocycles. The Hall–Kier alpha value is -1.48. The zero-order chi connectivity index (χ0) is 13.0. The van der Waals surface area contributed by atoms with Gasteiger partial charge in [0.05, 0.1) is 7.11 Å². The molecule has 0 saturated carbocycles. The van der Waals surface area contributed by atoms with Crippen molar-refractivity contribution in [2.45, 2.75) is 32.4 Å². The molecule has 98 valence electrons. The maximum absolute atomic E-state index is 5.77. The molecule has 1 aromatic rings. The average Bonchev–Trinajstić information content (AvgIpc) is 2.72. The third-order valence-electron chi connectivity index (χ3n) is 3.14. The van der Waals surface area contributed by atoms with Crippen LogP contribution in [0.5, 0.6) is 11.5 Å². The van der Waals surface area contributed by atoms with Crippen molar-refractivity contribution in [1.29, 1.82) is 0 Å². The van der Waals surface area contributed by atoms with E-state index in [1.807, 2.05) is 6.08 Å². The number of ether oxygens (including phenoxy) is 2. The van der Waals surface area contributed by atoms with E-state index in [0.29, 0.717) is 0 Å². The molecule has 0 aromatic heterocycles. The second-order valence-corrected chi connectivity index (χ2v) is 4.66. The first-order valence-electron chi connectivity index (χ1n) is 6.42. The Bertz CT molecular complexity index is 429. The molecule has 0 aliphatic carbocycles. The molecule has 2 rings (SSSR count). The van der Waals surface area contributed by atoms with Gasteiger partial charge in [-0.05, 0) is 32.0 Å². The van der Waals surface area contributed by atoms with Crippen LogP contribution >= 0.6 is 0 Å². The van der Waals surface area contributed by atoms with E-state index in [-0.39, 0.29) is 6.10 Å². The van der Waals surface area contributed by atoms with Crippen molar-refractivity contribution in [3.05, 3.63) is 35.9 Å². The van der Waals surface area contributed by atoms with Crippen LogP contribution in [-0.2, 0) is 13.0 Å². The van der Waals surface area contributed by atoms with Gasteiger partial charge in [0.2, 0.25) is 0 Å². The molecule has 3 heteroatoms. The molecule has 1 aliphatic rings. The van der Waals surface area contributed by atoms with Crippen LogP contribution < -0.4 is 14.8 Å². The van der Waals surface area contributed by atoms with Gasteiger partial charge < -0.3 is 14.8 Å². The van der Waals surface area contributed by atoms with Gasteiger partial charge in [-0.25, -0.2) is 0 Å². The summed E-state index contributed by atoms with van der Waals surface area (Å²) in [6, 6.07) is 4.20. The number of methoxy groups -OCH3 is 1. The number of hydrogen-bond donors (Lipinski definition) is 1. The molecule has 0 bridgehead atoms. The maximum Gasteiger partial charge on any atom is 0.123 e. The topological polar surface area (TPSA) is 30.5 Å². The molecule has 0 fully saturated rings. The van der Waals surface area contributed by atoms with E-state index in [1.165, 1.54) is 5.56 Å². The fourth-order valence-electron chi connectivity index (χ4n) is 2.24. The summed E-state index contributed by atoms with van der Waals surface area (Å²) in [5, 5.41) is 3.37. The van der Waals surface area contributed by atoms with Crippen molar-refractivity contribution in [3.8, 4) is 11.5 Å². The molecule has 3 nitrogen and oxygen atoms in total. The van der Waals surface area contributed by atoms with Crippen molar-refractivity contribution < 1.29 is 9.47 Å². The Morgan fingerprint density at radius 3 is 3.11 bits per heavy atom. The molecule has 18 heavy (non-hydrogen) atoms. The van der Waals surface area contributed by atoms with Crippen LogP contribution in [0.15, 0.2) is 24.8 Å². The second kappa shape index (κ2) is 5.91. The van der Waals surface area contributed by atoms with Gasteiger partial charge in [-0.15, -0.1) is 6.58 Å². The SMILES string of the molecule is C=CCCNCc1cc2c(cc1OC)CC(C)O2. The number of fused-ring (bicyclic) bond motifs is 1. The van der Waals surface area contributed by atoms with Crippen LogP contribution in [0.25, 0.3) is 0 Å². The smallest absolute Gasteiger partial charge is 0.123 e. The minimum Gasteiger partial charge on any atom is -0.496 e. The molecule has 1 aromatic carbocycles. The number of rotatable bonds is 6. The third-order valence-corrected chi connectivity index (χ3v) is 3.14. The lowest BCUT2D eigenvalue weighted by molar-refractivity contribution is 0.254. The molecule has 1 heterocycles. The lowest BCUT2D eigenvalue weighted by Crippen LogP contribution is -2.14. The Labute approximate surface area is 109 Å². The molecule has 0 amide bonds. The summed E-state index contributed by atoms with van der Waals surface area (Å²) in [7, 11) is 1.72. The number of hydrogen-bond acceptors (Lipinski definition) is 3. The van der Waals surface area contributed by atoms with Crippen LogP contribution in [0.4, 0.5) is 0 Å². The molecular weight excluding hydrogens is 226 g/mol. The standard InChI is InChI=1S/C15H21NO2/c1-4-5-6-16-10-13-9-15-12(7-11(2)18-15)8-14(13)17-3/h4,8-9,11,16H,1,5-7,10H2,2-3H3. The summed E-state index contributed by atoms with van der Waals surface area (Å²) < 4.78 is 11.2. The van der Waals surface area contributed by atoms with Gasteiger partial charge in [-0.3, -0.25) is 0 Å². The zero-order valence-corrected chi connectivity index (χ0v) is 11.2. The minimum absolute atomic E-state index is 0.272. The van der Waals surface area contributed by atoms with Crippen molar-refractivity contribution in [3.63, 3.8) is 0 Å². The first-order chi connectivity index (χ1) is 8.74. The second-order valence-electron chi connectivity index (χ2n) is 4.66. The van der Waals surface area contributed by atoms with Crippen LogP contribution in [0.1, 0.15) is 24.5 Å². The van der Waals surface area contributed by atoms with E-state index >= 15 is 0 Å². The van der Waals surface area contributed by atoms with E-state index < -0.39 is 0 Å². The summed E-state index contributed by atoms with van der Waals surface area (Å²) in [6.07, 6.45) is 4.13. The largest absolute Gasteiger partial charge is 0.496 e. The monoisotopic (exact) mass is 247 g/mol. The van der Waals surface area contributed by atoms with Crippen LogP contribution in [-0.4, -0.2) is 19.8 Å². The molecular formula is C15H21NO2. The Morgan fingerprint density at radius 1 is 1.56 bits per heavy atom. The van der Waals surface area contributed by atoms with Gasteiger partial charge in [0.25, 0.3) is 0 Å². The summed E-state index contributed by atoms with van der Waals surface area (Å²) in [5.41, 5.74) is 2.39. The third kappa shape index (κ3) is 2.85. The van der Waals surface area contributed by atoms with Crippen LogP contribution in [0.3, 0.4) is 0 Å². The molecule has 1 atom stereocenters. The Balaban J connectivity index is 2.09. The number of benzene rings is 1. The highest BCUT2D eigenvalue weighted by molar-refractivity contribution is 5.48. The summed E-state index contributed by atoms with van der Waals surface area (Å²) in [4.78, 5) is 0. The molecule has 1 unspecified atom stereocenters. The van der Waals surface area contributed by atoms with Crippen LogP contribution in [0.2, 0.25) is 0 Å². The molecule has 0 radical (unpaired) electrons. The number of nitrogens with one attached hydrogen (secondary N) is 1. The highest BCUT2D eigenvalue weighted by Crippen LogP contribution is 2.34. The van der Waals surface area contributed by atoms with E-state index in [4.69, 9.17) is 9.47 Å². The van der Waals surface area contributed by atoms with Crippen molar-refractivity contribution in [2.75, 3.05) is 13.7 Å². The van der Waals surface area contributed by atoms with Crippen molar-refractivity contribution in [2.24, 2.45) is 0 Å². The van der Waals surface area contributed by atoms with Gasteiger partial charge in [0.1, 0.15) is 17.6 Å². The van der Waals surface area contributed by atoms with E-state index in [0.717, 1.165) is 43.0 Å². The lowest BCUT2D eigenvalue weighted by Gasteiger charge is -2.11.